The Kier molecular flexibility index (Phi) is 3.59. The van der Waals surface area contributed by atoms with Gasteiger partial charge in [0.25, 0.3) is 0 Å². The fourth-order valence-electron chi connectivity index (χ4n) is 1.91. The summed E-state index contributed by atoms with van der Waals surface area (Å²) < 4.78 is 11.9. The van der Waals surface area contributed by atoms with Crippen LogP contribution in [0.25, 0.3) is 11.3 Å². The van der Waals surface area contributed by atoms with Gasteiger partial charge in [-0.05, 0) is 47.0 Å². The fourth-order valence-corrected chi connectivity index (χ4v) is 2.45. The molecule has 1 aliphatic carbocycles. The minimum absolute atomic E-state index is 0.0402. The number of methoxy groups -OCH3 is 1. The number of carboxylic acid groups (broad SMARTS) is 1. The Hall–Kier alpha value is -2.02. The van der Waals surface area contributed by atoms with Crippen molar-refractivity contribution in [3.8, 4) is 22.8 Å². The number of halogens is 1. The van der Waals surface area contributed by atoms with Gasteiger partial charge in [0.05, 0.1) is 23.4 Å². The smallest absolute Gasteiger partial charge is 0.353 e. The number of hydrogen-bond donors (Lipinski definition) is 2. The Balaban J connectivity index is 1.98. The van der Waals surface area contributed by atoms with Crippen LogP contribution in [0.1, 0.15) is 23.3 Å². The van der Waals surface area contributed by atoms with Crippen LogP contribution in [0.3, 0.4) is 0 Å². The van der Waals surface area contributed by atoms with Crippen molar-refractivity contribution in [2.75, 3.05) is 7.11 Å². The molecule has 21 heavy (non-hydrogen) atoms. The van der Waals surface area contributed by atoms with Crippen molar-refractivity contribution in [1.29, 1.82) is 0 Å². The van der Waals surface area contributed by atoms with Gasteiger partial charge in [0.1, 0.15) is 5.69 Å². The lowest BCUT2D eigenvalue weighted by Gasteiger charge is -2.13. The number of benzene rings is 1. The average molecular weight is 353 g/mol. The van der Waals surface area contributed by atoms with E-state index in [0.29, 0.717) is 17.2 Å². The van der Waals surface area contributed by atoms with Crippen LogP contribution in [0.15, 0.2) is 22.7 Å². The lowest BCUT2D eigenvalue weighted by atomic mass is 10.1. The summed E-state index contributed by atoms with van der Waals surface area (Å²) in [4.78, 5) is 10.9. The number of aromatic nitrogens is 2. The quantitative estimate of drug-likeness (QED) is 0.863. The van der Waals surface area contributed by atoms with Crippen LogP contribution < -0.4 is 9.47 Å². The number of carbonyl (C=O) groups is 1. The Bertz CT molecular complexity index is 694. The van der Waals surface area contributed by atoms with Crippen LogP contribution in [0.5, 0.6) is 11.5 Å². The molecule has 1 aliphatic rings. The molecule has 0 radical (unpaired) electrons. The third-order valence-electron chi connectivity index (χ3n) is 3.14. The van der Waals surface area contributed by atoms with Gasteiger partial charge in [-0.2, -0.15) is 5.10 Å². The highest BCUT2D eigenvalue weighted by atomic mass is 79.9. The number of H-pyrrole nitrogens is 1. The van der Waals surface area contributed by atoms with E-state index in [4.69, 9.17) is 14.6 Å². The van der Waals surface area contributed by atoms with Gasteiger partial charge >= 0.3 is 5.97 Å². The Morgan fingerprint density at radius 2 is 2.19 bits per heavy atom. The normalized spacial score (nSPS) is 14.0. The van der Waals surface area contributed by atoms with Crippen molar-refractivity contribution in [1.82, 2.24) is 10.2 Å². The van der Waals surface area contributed by atoms with Gasteiger partial charge in [-0.3, -0.25) is 5.10 Å². The molecular weight excluding hydrogens is 340 g/mol. The van der Waals surface area contributed by atoms with E-state index in [1.165, 1.54) is 6.07 Å². The Labute approximate surface area is 129 Å². The van der Waals surface area contributed by atoms with Crippen molar-refractivity contribution in [3.05, 3.63) is 28.4 Å². The van der Waals surface area contributed by atoms with E-state index in [1.54, 1.807) is 13.2 Å². The van der Waals surface area contributed by atoms with Gasteiger partial charge in [0.15, 0.2) is 11.5 Å². The second kappa shape index (κ2) is 5.40. The van der Waals surface area contributed by atoms with E-state index in [-0.39, 0.29) is 11.8 Å². The third kappa shape index (κ3) is 2.87. The molecule has 3 rings (SSSR count). The summed E-state index contributed by atoms with van der Waals surface area (Å²) in [6, 6.07) is 5.09. The first-order valence-electron chi connectivity index (χ1n) is 6.41. The fraction of sp³-hybridized carbons (Fsp3) is 0.286. The molecule has 0 saturated heterocycles. The highest BCUT2D eigenvalue weighted by molar-refractivity contribution is 9.10. The van der Waals surface area contributed by atoms with Gasteiger partial charge in [0, 0.05) is 5.56 Å². The van der Waals surface area contributed by atoms with E-state index in [9.17, 15) is 4.79 Å². The van der Waals surface area contributed by atoms with Gasteiger partial charge in [-0.15, -0.1) is 0 Å². The summed E-state index contributed by atoms with van der Waals surface area (Å²) in [5.74, 6) is 0.206. The minimum Gasteiger partial charge on any atom is -0.493 e. The zero-order valence-electron chi connectivity index (χ0n) is 11.2. The summed E-state index contributed by atoms with van der Waals surface area (Å²) in [5, 5.41) is 15.4. The molecule has 0 bridgehead atoms. The maximum absolute atomic E-state index is 10.9. The molecule has 6 nitrogen and oxygen atoms in total. The van der Waals surface area contributed by atoms with E-state index < -0.39 is 5.97 Å². The monoisotopic (exact) mass is 352 g/mol. The zero-order chi connectivity index (χ0) is 15.0. The van der Waals surface area contributed by atoms with Crippen LogP contribution in [0, 0.1) is 0 Å². The van der Waals surface area contributed by atoms with Crippen LogP contribution >= 0.6 is 15.9 Å². The largest absolute Gasteiger partial charge is 0.493 e. The van der Waals surface area contributed by atoms with E-state index >= 15 is 0 Å². The highest BCUT2D eigenvalue weighted by Gasteiger charge is 2.26. The molecule has 0 atom stereocenters. The summed E-state index contributed by atoms with van der Waals surface area (Å²) >= 11 is 3.47. The van der Waals surface area contributed by atoms with E-state index in [0.717, 1.165) is 22.9 Å². The number of aromatic carboxylic acids is 1. The second-order valence-corrected chi connectivity index (χ2v) is 5.63. The molecule has 0 unspecified atom stereocenters. The lowest BCUT2D eigenvalue weighted by Crippen LogP contribution is -2.00. The van der Waals surface area contributed by atoms with E-state index in [1.807, 2.05) is 6.07 Å². The number of hydrogen-bond acceptors (Lipinski definition) is 4. The molecule has 1 fully saturated rings. The first-order chi connectivity index (χ1) is 10.1. The SMILES string of the molecule is COc1cc(-c2cc(C(=O)O)[nH]n2)cc(Br)c1OC1CC1. The van der Waals surface area contributed by atoms with Crippen molar-refractivity contribution in [2.45, 2.75) is 18.9 Å². The van der Waals surface area contributed by atoms with Gasteiger partial charge < -0.3 is 14.6 Å². The number of carboxylic acids is 1. The van der Waals surface area contributed by atoms with Crippen LogP contribution in [-0.2, 0) is 0 Å². The highest BCUT2D eigenvalue weighted by Crippen LogP contribution is 2.42. The average Bonchev–Trinajstić information content (AvgIpc) is 3.13. The molecule has 0 amide bonds. The molecule has 7 heteroatoms. The lowest BCUT2D eigenvalue weighted by molar-refractivity contribution is 0.0690. The van der Waals surface area contributed by atoms with Gasteiger partial charge in [-0.25, -0.2) is 4.79 Å². The molecule has 1 aromatic carbocycles. The Morgan fingerprint density at radius 3 is 2.76 bits per heavy atom. The molecule has 0 spiro atoms. The van der Waals surface area contributed by atoms with Crippen LogP contribution in [0.2, 0.25) is 0 Å². The van der Waals surface area contributed by atoms with Gasteiger partial charge in [-0.1, -0.05) is 0 Å². The van der Waals surface area contributed by atoms with Crippen molar-refractivity contribution in [2.24, 2.45) is 0 Å². The third-order valence-corrected chi connectivity index (χ3v) is 3.73. The number of nitrogens with zero attached hydrogens (tertiary/aromatic N) is 1. The number of rotatable bonds is 5. The first-order valence-corrected chi connectivity index (χ1v) is 7.21. The molecule has 1 heterocycles. The molecule has 110 valence electrons. The standard InChI is InChI=1S/C14H13BrN2O4/c1-20-12-5-7(10-6-11(14(18)19)17-16-10)4-9(15)13(12)21-8-2-3-8/h4-6,8H,2-3H2,1H3,(H,16,17)(H,18,19). The topological polar surface area (TPSA) is 84.4 Å². The summed E-state index contributed by atoms with van der Waals surface area (Å²) in [5.41, 5.74) is 1.31. The number of aromatic amines is 1. The molecule has 0 aliphatic heterocycles. The van der Waals surface area contributed by atoms with Crippen molar-refractivity contribution < 1.29 is 19.4 Å². The Morgan fingerprint density at radius 1 is 1.43 bits per heavy atom. The number of ether oxygens (including phenoxy) is 2. The zero-order valence-corrected chi connectivity index (χ0v) is 12.8. The molecule has 1 saturated carbocycles. The predicted molar refractivity (Wildman–Crippen MR) is 78.9 cm³/mol. The summed E-state index contributed by atoms with van der Waals surface area (Å²) in [7, 11) is 1.57. The maximum atomic E-state index is 10.9. The maximum Gasteiger partial charge on any atom is 0.353 e. The van der Waals surface area contributed by atoms with Crippen molar-refractivity contribution in [3.63, 3.8) is 0 Å². The minimum atomic E-state index is -1.05. The first kappa shape index (κ1) is 13.9. The van der Waals surface area contributed by atoms with Crippen LogP contribution in [-0.4, -0.2) is 34.5 Å². The van der Waals surface area contributed by atoms with Crippen molar-refractivity contribution >= 4 is 21.9 Å². The molecular formula is C14H13BrN2O4. The molecule has 1 aromatic heterocycles. The predicted octanol–water partition coefficient (Wildman–Crippen LogP) is 3.09. The summed E-state index contributed by atoms with van der Waals surface area (Å²) in [6.07, 6.45) is 2.36. The molecule has 2 aromatic rings. The van der Waals surface area contributed by atoms with E-state index in [2.05, 4.69) is 26.1 Å². The number of nitrogens with one attached hydrogen (secondary N) is 1. The molecule has 2 N–H and O–H groups in total. The van der Waals surface area contributed by atoms with Crippen LogP contribution in [0.4, 0.5) is 0 Å². The van der Waals surface area contributed by atoms with Gasteiger partial charge in [0.2, 0.25) is 0 Å². The second-order valence-electron chi connectivity index (χ2n) is 4.78. The summed E-state index contributed by atoms with van der Waals surface area (Å²) in [6.45, 7) is 0.